The van der Waals surface area contributed by atoms with Crippen LogP contribution in [0.1, 0.15) is 27.9 Å². The van der Waals surface area contributed by atoms with Crippen molar-refractivity contribution >= 4 is 13.0 Å². The van der Waals surface area contributed by atoms with Crippen molar-refractivity contribution in [3.8, 4) is 0 Å². The van der Waals surface area contributed by atoms with Crippen LogP contribution in [-0.4, -0.2) is 34.5 Å². The molecule has 0 saturated carbocycles. The molecule has 4 nitrogen and oxygen atoms in total. The molecule has 1 heterocycles. The van der Waals surface area contributed by atoms with Gasteiger partial charge in [0.25, 0.3) is 0 Å². The molecule has 0 aromatic heterocycles. The minimum Gasteiger partial charge on any atom is -0.478 e. The number of aromatic carboxylic acids is 1. The Labute approximate surface area is 101 Å². The number of benzene rings is 1. The van der Waals surface area contributed by atoms with Crippen LogP contribution in [0.5, 0.6) is 0 Å². The number of hydrogen-bond acceptors (Lipinski definition) is 3. The summed E-state index contributed by atoms with van der Waals surface area (Å²) in [4.78, 5) is 13.1. The van der Waals surface area contributed by atoms with Gasteiger partial charge in [0, 0.05) is 6.54 Å². The molecule has 90 valence electrons. The van der Waals surface area contributed by atoms with E-state index in [-0.39, 0.29) is 0 Å². The molecule has 2 N–H and O–H groups in total. The summed E-state index contributed by atoms with van der Waals surface area (Å²) in [5.74, 6) is -0.894. The molecule has 0 unspecified atom stereocenters. The van der Waals surface area contributed by atoms with Crippen LogP contribution < -0.4 is 0 Å². The van der Waals surface area contributed by atoms with Crippen LogP contribution in [0.25, 0.3) is 0 Å². The van der Waals surface area contributed by atoms with E-state index in [1.165, 1.54) is 0 Å². The largest absolute Gasteiger partial charge is 0.478 e. The molecule has 1 aromatic rings. The highest BCUT2D eigenvalue weighted by Gasteiger charge is 2.23. The molecule has 0 saturated heterocycles. The quantitative estimate of drug-likeness (QED) is 0.754. The number of rotatable bonds is 2. The highest BCUT2D eigenvalue weighted by Crippen LogP contribution is 2.22. The summed E-state index contributed by atoms with van der Waals surface area (Å²) >= 11 is 0. The Morgan fingerprint density at radius 3 is 2.88 bits per heavy atom. The van der Waals surface area contributed by atoms with E-state index in [2.05, 4.69) is 0 Å². The topological polar surface area (TPSA) is 60.8 Å². The van der Waals surface area contributed by atoms with Crippen molar-refractivity contribution in [2.45, 2.75) is 26.2 Å². The van der Waals surface area contributed by atoms with E-state index in [9.17, 15) is 14.9 Å². The first-order valence-electron chi connectivity index (χ1n) is 5.86. The fourth-order valence-electron chi connectivity index (χ4n) is 2.33. The van der Waals surface area contributed by atoms with E-state index >= 15 is 0 Å². The maximum Gasteiger partial charge on any atom is 0.376 e. The molecule has 0 fully saturated rings. The zero-order valence-electron chi connectivity index (χ0n) is 9.89. The summed E-state index contributed by atoms with van der Waals surface area (Å²) in [6.07, 6.45) is 1.82. The summed E-state index contributed by atoms with van der Waals surface area (Å²) in [5, 5.41) is 18.8. The summed E-state index contributed by atoms with van der Waals surface area (Å²) in [6.45, 7) is 3.02. The maximum absolute atomic E-state index is 11.2. The first-order chi connectivity index (χ1) is 8.09. The molecule has 17 heavy (non-hydrogen) atoms. The van der Waals surface area contributed by atoms with Crippen LogP contribution in [0.2, 0.25) is 6.82 Å². The van der Waals surface area contributed by atoms with Gasteiger partial charge in [-0.25, -0.2) is 4.79 Å². The molecule has 1 aliphatic rings. The standard InChI is InChI=1S/C12H16BNO3/c1-13(17)14-7-3-5-9-4-2-6-10(12(15)16)11(9)8-14/h2,4,6,17H,3,5,7-8H2,1H3,(H,15,16). The van der Waals surface area contributed by atoms with Crippen LogP contribution in [-0.2, 0) is 13.0 Å². The van der Waals surface area contributed by atoms with Gasteiger partial charge in [0.2, 0.25) is 0 Å². The molecule has 0 bridgehead atoms. The Morgan fingerprint density at radius 1 is 1.47 bits per heavy atom. The molecule has 1 aliphatic heterocycles. The van der Waals surface area contributed by atoms with Crippen LogP contribution in [0.4, 0.5) is 0 Å². The first-order valence-corrected chi connectivity index (χ1v) is 5.86. The minimum atomic E-state index is -0.894. The number of nitrogens with zero attached hydrogens (tertiary/aromatic N) is 1. The van der Waals surface area contributed by atoms with E-state index in [4.69, 9.17) is 0 Å². The van der Waals surface area contributed by atoms with Crippen molar-refractivity contribution in [3.63, 3.8) is 0 Å². The zero-order chi connectivity index (χ0) is 12.4. The van der Waals surface area contributed by atoms with Gasteiger partial charge in [-0.15, -0.1) is 0 Å². The normalized spacial score (nSPS) is 16.1. The summed E-state index contributed by atoms with van der Waals surface area (Å²) in [5.41, 5.74) is 2.29. The molecule has 2 rings (SSSR count). The van der Waals surface area contributed by atoms with Crippen molar-refractivity contribution in [1.29, 1.82) is 0 Å². The van der Waals surface area contributed by atoms with Gasteiger partial charge in [-0.3, -0.25) is 0 Å². The molecule has 0 spiro atoms. The second-order valence-electron chi connectivity index (χ2n) is 4.45. The fraction of sp³-hybridized carbons (Fsp3) is 0.417. The summed E-state index contributed by atoms with van der Waals surface area (Å²) in [7, 11) is -0.539. The molecule has 0 atom stereocenters. The monoisotopic (exact) mass is 233 g/mol. The maximum atomic E-state index is 11.2. The van der Waals surface area contributed by atoms with Crippen LogP contribution >= 0.6 is 0 Å². The molecule has 0 amide bonds. The number of carbonyl (C=O) groups is 1. The van der Waals surface area contributed by atoms with E-state index < -0.39 is 13.0 Å². The second-order valence-corrected chi connectivity index (χ2v) is 4.45. The van der Waals surface area contributed by atoms with Gasteiger partial charge in [-0.2, -0.15) is 0 Å². The van der Waals surface area contributed by atoms with Gasteiger partial charge in [0.1, 0.15) is 0 Å². The van der Waals surface area contributed by atoms with Gasteiger partial charge in [0.15, 0.2) is 0 Å². The van der Waals surface area contributed by atoms with Crippen LogP contribution in [0.3, 0.4) is 0 Å². The lowest BCUT2D eigenvalue weighted by Gasteiger charge is -2.21. The summed E-state index contributed by atoms with van der Waals surface area (Å²) in [6, 6.07) is 5.40. The third-order valence-corrected chi connectivity index (χ3v) is 3.28. The lowest BCUT2D eigenvalue weighted by atomic mass is 9.84. The Bertz CT molecular complexity index is 434. The van der Waals surface area contributed by atoms with Crippen molar-refractivity contribution in [2.75, 3.05) is 6.54 Å². The first kappa shape index (κ1) is 12.1. The molecule has 0 radical (unpaired) electrons. The smallest absolute Gasteiger partial charge is 0.376 e. The predicted molar refractivity (Wildman–Crippen MR) is 66.0 cm³/mol. The van der Waals surface area contributed by atoms with E-state index in [0.717, 1.165) is 30.5 Å². The minimum absolute atomic E-state index is 0.357. The average Bonchev–Trinajstić information content (AvgIpc) is 2.49. The Balaban J connectivity index is 2.41. The molecular weight excluding hydrogens is 217 g/mol. The van der Waals surface area contributed by atoms with Gasteiger partial charge in [-0.05, 0) is 43.4 Å². The van der Waals surface area contributed by atoms with Crippen molar-refractivity contribution in [2.24, 2.45) is 0 Å². The van der Waals surface area contributed by atoms with Gasteiger partial charge in [-0.1, -0.05) is 12.1 Å². The van der Waals surface area contributed by atoms with E-state index in [1.807, 2.05) is 10.9 Å². The van der Waals surface area contributed by atoms with Crippen LogP contribution in [0, 0.1) is 0 Å². The Morgan fingerprint density at radius 2 is 2.24 bits per heavy atom. The van der Waals surface area contributed by atoms with Crippen molar-refractivity contribution < 1.29 is 14.9 Å². The SMILES string of the molecule is CB(O)N1CCCc2cccc(C(=O)O)c2C1. The highest BCUT2D eigenvalue weighted by atomic mass is 16.4. The third-order valence-electron chi connectivity index (χ3n) is 3.28. The number of fused-ring (bicyclic) bond motifs is 1. The lowest BCUT2D eigenvalue weighted by molar-refractivity contribution is 0.0695. The highest BCUT2D eigenvalue weighted by molar-refractivity contribution is 6.45. The molecule has 1 aromatic carbocycles. The molecule has 0 aliphatic carbocycles. The van der Waals surface area contributed by atoms with Crippen LogP contribution in [0.15, 0.2) is 18.2 Å². The van der Waals surface area contributed by atoms with E-state index in [0.29, 0.717) is 12.1 Å². The predicted octanol–water partition coefficient (Wildman–Crippen LogP) is 1.24. The number of hydrogen-bond donors (Lipinski definition) is 2. The zero-order valence-corrected chi connectivity index (χ0v) is 9.89. The molecular formula is C12H16BNO3. The van der Waals surface area contributed by atoms with Gasteiger partial charge < -0.3 is 14.9 Å². The van der Waals surface area contributed by atoms with Gasteiger partial charge >= 0.3 is 13.0 Å². The van der Waals surface area contributed by atoms with E-state index in [1.54, 1.807) is 19.0 Å². The third kappa shape index (κ3) is 2.51. The lowest BCUT2D eigenvalue weighted by Crippen LogP contribution is -2.36. The molecule has 5 heteroatoms. The van der Waals surface area contributed by atoms with Crippen molar-refractivity contribution in [3.05, 3.63) is 34.9 Å². The van der Waals surface area contributed by atoms with Gasteiger partial charge in [0.05, 0.1) is 5.56 Å². The summed E-state index contributed by atoms with van der Waals surface area (Å²) < 4.78 is 0. The number of aryl methyl sites for hydroxylation is 1. The number of carboxylic acid groups (broad SMARTS) is 1. The Hall–Kier alpha value is -1.33. The number of carboxylic acids is 1. The Kier molecular flexibility index (Phi) is 3.50. The fourth-order valence-corrected chi connectivity index (χ4v) is 2.33. The average molecular weight is 233 g/mol. The van der Waals surface area contributed by atoms with Crippen molar-refractivity contribution in [1.82, 2.24) is 4.81 Å². The second kappa shape index (κ2) is 4.90.